The van der Waals surface area contributed by atoms with E-state index < -0.39 is 34.8 Å². The molecular weight excluding hydrogens is 224 g/mol. The second kappa shape index (κ2) is 4.73. The van der Waals surface area contributed by atoms with Gasteiger partial charge in [0.25, 0.3) is 12.0 Å². The number of carbonyl (C=O) groups is 1. The topological polar surface area (TPSA) is 68.4 Å². The summed E-state index contributed by atoms with van der Waals surface area (Å²) in [6.45, 7) is 0. The van der Waals surface area contributed by atoms with E-state index in [1.807, 2.05) is 4.98 Å². The average Bonchev–Trinajstić information content (AvgIpc) is 2.26. The summed E-state index contributed by atoms with van der Waals surface area (Å²) in [6.07, 6.45) is -2.06. The number of esters is 1. The highest BCUT2D eigenvalue weighted by Crippen LogP contribution is 2.29. The van der Waals surface area contributed by atoms with Crippen LogP contribution in [0.3, 0.4) is 0 Å². The van der Waals surface area contributed by atoms with Crippen LogP contribution in [0, 0.1) is 0 Å². The monoisotopic (exact) mass is 233 g/mol. The van der Waals surface area contributed by atoms with Gasteiger partial charge in [-0.25, -0.2) is 13.6 Å². The van der Waals surface area contributed by atoms with E-state index in [4.69, 9.17) is 0 Å². The Hall–Kier alpha value is -1.92. The van der Waals surface area contributed by atoms with E-state index in [-0.39, 0.29) is 0 Å². The Balaban J connectivity index is 3.50. The number of H-pyrrole nitrogens is 1. The van der Waals surface area contributed by atoms with Crippen molar-refractivity contribution in [2.24, 2.45) is 0 Å². The van der Waals surface area contributed by atoms with Crippen LogP contribution in [-0.2, 0) is 4.74 Å². The molecule has 0 bridgehead atoms. The Morgan fingerprint density at radius 1 is 1.44 bits per heavy atom. The Kier molecular flexibility index (Phi) is 3.60. The van der Waals surface area contributed by atoms with Crippen molar-refractivity contribution in [3.63, 3.8) is 0 Å². The SMILES string of the molecule is COC(=O)c1c(OC)c(C(F)F)c[nH]c1=O. The lowest BCUT2D eigenvalue weighted by Crippen LogP contribution is -2.21. The maximum Gasteiger partial charge on any atom is 0.347 e. The van der Waals surface area contributed by atoms with Crippen LogP contribution in [0.4, 0.5) is 8.78 Å². The first-order chi connectivity index (χ1) is 7.52. The van der Waals surface area contributed by atoms with Gasteiger partial charge in [-0.2, -0.15) is 0 Å². The molecule has 0 radical (unpaired) electrons. The van der Waals surface area contributed by atoms with Crippen LogP contribution >= 0.6 is 0 Å². The summed E-state index contributed by atoms with van der Waals surface area (Å²) in [5.74, 6) is -1.49. The summed E-state index contributed by atoms with van der Waals surface area (Å²) in [5.41, 5.74) is -1.97. The highest BCUT2D eigenvalue weighted by atomic mass is 19.3. The number of alkyl halides is 2. The Labute approximate surface area is 89.0 Å². The van der Waals surface area contributed by atoms with E-state index in [9.17, 15) is 18.4 Å². The second-order valence-electron chi connectivity index (χ2n) is 2.77. The van der Waals surface area contributed by atoms with Gasteiger partial charge in [0.05, 0.1) is 19.8 Å². The molecule has 0 saturated carbocycles. The Bertz CT molecular complexity index is 455. The van der Waals surface area contributed by atoms with Crippen LogP contribution in [0.1, 0.15) is 22.3 Å². The number of pyridine rings is 1. The molecule has 0 spiro atoms. The molecule has 5 nitrogen and oxygen atoms in total. The van der Waals surface area contributed by atoms with Gasteiger partial charge in [0, 0.05) is 6.20 Å². The molecule has 0 saturated heterocycles. The summed E-state index contributed by atoms with van der Waals surface area (Å²) in [7, 11) is 2.13. The minimum Gasteiger partial charge on any atom is -0.495 e. The summed E-state index contributed by atoms with van der Waals surface area (Å²) in [4.78, 5) is 24.5. The zero-order chi connectivity index (χ0) is 12.3. The van der Waals surface area contributed by atoms with Crippen LogP contribution in [0.25, 0.3) is 0 Å². The molecule has 0 atom stereocenters. The number of halogens is 2. The molecule has 0 aromatic carbocycles. The van der Waals surface area contributed by atoms with Crippen molar-refractivity contribution in [2.75, 3.05) is 14.2 Å². The lowest BCUT2D eigenvalue weighted by atomic mass is 10.1. The number of aromatic amines is 1. The van der Waals surface area contributed by atoms with Gasteiger partial charge in [-0.1, -0.05) is 0 Å². The van der Waals surface area contributed by atoms with Gasteiger partial charge in [-0.15, -0.1) is 0 Å². The fraction of sp³-hybridized carbons (Fsp3) is 0.333. The predicted octanol–water partition coefficient (Wildman–Crippen LogP) is 1.11. The second-order valence-corrected chi connectivity index (χ2v) is 2.77. The summed E-state index contributed by atoms with van der Waals surface area (Å²) >= 11 is 0. The highest BCUT2D eigenvalue weighted by molar-refractivity contribution is 5.92. The molecule has 0 aliphatic rings. The first kappa shape index (κ1) is 12.2. The van der Waals surface area contributed by atoms with Gasteiger partial charge < -0.3 is 14.5 Å². The molecule has 0 fully saturated rings. The fourth-order valence-corrected chi connectivity index (χ4v) is 1.20. The number of aromatic nitrogens is 1. The largest absolute Gasteiger partial charge is 0.495 e. The van der Waals surface area contributed by atoms with E-state index in [0.29, 0.717) is 0 Å². The predicted molar refractivity (Wildman–Crippen MR) is 49.9 cm³/mol. The van der Waals surface area contributed by atoms with Crippen molar-refractivity contribution >= 4 is 5.97 Å². The zero-order valence-corrected chi connectivity index (χ0v) is 8.54. The fourth-order valence-electron chi connectivity index (χ4n) is 1.20. The lowest BCUT2D eigenvalue weighted by molar-refractivity contribution is 0.0593. The van der Waals surface area contributed by atoms with Crippen LogP contribution < -0.4 is 10.3 Å². The van der Waals surface area contributed by atoms with Gasteiger partial charge in [0.2, 0.25) is 0 Å². The normalized spacial score (nSPS) is 10.3. The molecule has 1 aromatic rings. The van der Waals surface area contributed by atoms with Crippen molar-refractivity contribution in [3.05, 3.63) is 27.7 Å². The van der Waals surface area contributed by atoms with E-state index in [2.05, 4.69) is 9.47 Å². The Morgan fingerprint density at radius 3 is 2.50 bits per heavy atom. The molecule has 0 aliphatic heterocycles. The Morgan fingerprint density at radius 2 is 2.06 bits per heavy atom. The van der Waals surface area contributed by atoms with Crippen LogP contribution in [-0.4, -0.2) is 25.2 Å². The van der Waals surface area contributed by atoms with E-state index in [1.54, 1.807) is 0 Å². The van der Waals surface area contributed by atoms with E-state index in [1.165, 1.54) is 0 Å². The molecular formula is C9H9F2NO4. The van der Waals surface area contributed by atoms with Crippen molar-refractivity contribution < 1.29 is 23.0 Å². The molecule has 16 heavy (non-hydrogen) atoms. The maximum absolute atomic E-state index is 12.5. The summed E-state index contributed by atoms with van der Waals surface area (Å²) in [5, 5.41) is 0. The zero-order valence-electron chi connectivity index (χ0n) is 8.54. The molecule has 7 heteroatoms. The first-order valence-corrected chi connectivity index (χ1v) is 4.19. The minimum absolute atomic E-state index is 0.467. The van der Waals surface area contributed by atoms with Gasteiger partial charge in [0.15, 0.2) is 5.56 Å². The number of ether oxygens (including phenoxy) is 2. The number of methoxy groups -OCH3 is 2. The third-order valence-corrected chi connectivity index (χ3v) is 1.90. The van der Waals surface area contributed by atoms with Crippen molar-refractivity contribution in [1.82, 2.24) is 4.98 Å². The standard InChI is InChI=1S/C9H9F2NO4/c1-15-6-4(7(10)11)3-12-8(13)5(6)9(14)16-2/h3,7H,1-2H3,(H,12,13). The molecule has 0 unspecified atom stereocenters. The van der Waals surface area contributed by atoms with Gasteiger partial charge in [-0.05, 0) is 0 Å². The van der Waals surface area contributed by atoms with Gasteiger partial charge in [0.1, 0.15) is 5.75 Å². The van der Waals surface area contributed by atoms with Crippen molar-refractivity contribution in [3.8, 4) is 5.75 Å². The lowest BCUT2D eigenvalue weighted by Gasteiger charge is -2.10. The van der Waals surface area contributed by atoms with Crippen LogP contribution in [0.5, 0.6) is 5.75 Å². The molecule has 1 rings (SSSR count). The number of hydrogen-bond acceptors (Lipinski definition) is 4. The van der Waals surface area contributed by atoms with Gasteiger partial charge >= 0.3 is 5.97 Å². The van der Waals surface area contributed by atoms with E-state index in [0.717, 1.165) is 20.4 Å². The van der Waals surface area contributed by atoms with Crippen molar-refractivity contribution in [1.29, 1.82) is 0 Å². The number of hydrogen-bond donors (Lipinski definition) is 1. The quantitative estimate of drug-likeness (QED) is 0.794. The molecule has 0 aliphatic carbocycles. The van der Waals surface area contributed by atoms with Crippen molar-refractivity contribution in [2.45, 2.75) is 6.43 Å². The minimum atomic E-state index is -2.87. The number of nitrogens with one attached hydrogen (secondary N) is 1. The highest BCUT2D eigenvalue weighted by Gasteiger charge is 2.24. The molecule has 1 aromatic heterocycles. The average molecular weight is 233 g/mol. The molecule has 1 heterocycles. The molecule has 0 amide bonds. The number of carbonyl (C=O) groups excluding carboxylic acids is 1. The van der Waals surface area contributed by atoms with E-state index >= 15 is 0 Å². The maximum atomic E-state index is 12.5. The first-order valence-electron chi connectivity index (χ1n) is 4.19. The van der Waals surface area contributed by atoms with Gasteiger partial charge in [-0.3, -0.25) is 4.79 Å². The van der Waals surface area contributed by atoms with Crippen LogP contribution in [0.2, 0.25) is 0 Å². The smallest absolute Gasteiger partial charge is 0.347 e. The summed E-state index contributed by atoms with van der Waals surface area (Å²) < 4.78 is 34.0. The number of rotatable bonds is 3. The summed E-state index contributed by atoms with van der Waals surface area (Å²) in [6, 6.07) is 0. The third-order valence-electron chi connectivity index (χ3n) is 1.90. The van der Waals surface area contributed by atoms with Crippen LogP contribution in [0.15, 0.2) is 11.0 Å². The third kappa shape index (κ3) is 2.02. The molecule has 88 valence electrons. The molecule has 1 N–H and O–H groups in total.